The third-order valence-electron chi connectivity index (χ3n) is 5.47. The molecule has 0 saturated carbocycles. The lowest BCUT2D eigenvalue weighted by atomic mass is 10.2. The second-order valence-corrected chi connectivity index (χ2v) is 7.55. The van der Waals surface area contributed by atoms with E-state index in [1.165, 1.54) is 0 Å². The van der Waals surface area contributed by atoms with Crippen LogP contribution in [-0.2, 0) is 13.0 Å². The van der Waals surface area contributed by atoms with Crippen molar-refractivity contribution >= 4 is 11.6 Å². The van der Waals surface area contributed by atoms with E-state index in [1.54, 1.807) is 29.9 Å². The third kappa shape index (κ3) is 3.93. The highest BCUT2D eigenvalue weighted by molar-refractivity contribution is 5.92. The summed E-state index contributed by atoms with van der Waals surface area (Å²) in [6.45, 7) is 6.15. The Morgan fingerprint density at radius 1 is 1.37 bits per heavy atom. The molecule has 158 valence electrons. The molecular weight excluding hydrogens is 384 g/mol. The molecule has 3 aromatic heterocycles. The standard InChI is InChI=1S/C21H26N6O3/c1-4-14-11-27-19(25-20(14)28)15(9-23-27)10-26-8-7-16(12-26)30-18-6-5-17(21(29)22-3)24-13(18)2/h5-6,9,11,16H,4,7-8,10,12H2,1-3H3,(H,22,29)(H,25,28). The number of nitrogens with zero attached hydrogens (tertiary/aromatic N) is 4. The Morgan fingerprint density at radius 3 is 2.93 bits per heavy atom. The summed E-state index contributed by atoms with van der Waals surface area (Å²) >= 11 is 0. The predicted molar refractivity (Wildman–Crippen MR) is 112 cm³/mol. The molecule has 0 bridgehead atoms. The summed E-state index contributed by atoms with van der Waals surface area (Å²) in [7, 11) is 1.58. The summed E-state index contributed by atoms with van der Waals surface area (Å²) in [5, 5.41) is 6.96. The van der Waals surface area contributed by atoms with Crippen LogP contribution in [0.3, 0.4) is 0 Å². The fourth-order valence-electron chi connectivity index (χ4n) is 3.78. The fraction of sp³-hybridized carbons (Fsp3) is 0.429. The number of amides is 1. The zero-order chi connectivity index (χ0) is 21.3. The van der Waals surface area contributed by atoms with Crippen LogP contribution in [0.1, 0.15) is 40.7 Å². The van der Waals surface area contributed by atoms with Gasteiger partial charge in [0.15, 0.2) is 0 Å². The number of aromatic amines is 1. The van der Waals surface area contributed by atoms with Gasteiger partial charge in [0, 0.05) is 44.0 Å². The normalized spacial score (nSPS) is 16.8. The van der Waals surface area contributed by atoms with Crippen molar-refractivity contribution in [1.29, 1.82) is 0 Å². The molecule has 1 aliphatic rings. The van der Waals surface area contributed by atoms with Gasteiger partial charge >= 0.3 is 0 Å². The van der Waals surface area contributed by atoms with Crippen LogP contribution in [0.5, 0.6) is 5.75 Å². The van der Waals surface area contributed by atoms with E-state index in [0.717, 1.165) is 36.3 Å². The van der Waals surface area contributed by atoms with E-state index in [2.05, 4.69) is 25.3 Å². The number of fused-ring (bicyclic) bond motifs is 1. The molecule has 1 amide bonds. The number of aromatic nitrogens is 4. The van der Waals surface area contributed by atoms with Crippen LogP contribution < -0.4 is 15.6 Å². The molecule has 1 aliphatic heterocycles. The number of nitrogens with one attached hydrogen (secondary N) is 2. The van der Waals surface area contributed by atoms with Crippen LogP contribution in [-0.4, -0.2) is 56.6 Å². The topological polar surface area (TPSA) is 105 Å². The van der Waals surface area contributed by atoms with E-state index in [1.807, 2.05) is 20.0 Å². The summed E-state index contributed by atoms with van der Waals surface area (Å²) < 4.78 is 7.88. The van der Waals surface area contributed by atoms with Crippen LogP contribution in [0, 0.1) is 6.92 Å². The largest absolute Gasteiger partial charge is 0.487 e. The highest BCUT2D eigenvalue weighted by atomic mass is 16.5. The number of pyridine rings is 1. The highest BCUT2D eigenvalue weighted by Gasteiger charge is 2.26. The van der Waals surface area contributed by atoms with Gasteiger partial charge in [-0.1, -0.05) is 6.92 Å². The molecule has 9 heteroatoms. The molecule has 3 aromatic rings. The van der Waals surface area contributed by atoms with Crippen molar-refractivity contribution in [2.45, 2.75) is 39.3 Å². The highest BCUT2D eigenvalue weighted by Crippen LogP contribution is 2.23. The molecule has 1 unspecified atom stereocenters. The lowest BCUT2D eigenvalue weighted by Crippen LogP contribution is -2.25. The first kappa shape index (κ1) is 20.1. The van der Waals surface area contributed by atoms with Crippen molar-refractivity contribution in [3.63, 3.8) is 0 Å². The van der Waals surface area contributed by atoms with Gasteiger partial charge < -0.3 is 15.0 Å². The summed E-state index contributed by atoms with van der Waals surface area (Å²) in [4.78, 5) is 33.4. The average molecular weight is 410 g/mol. The van der Waals surface area contributed by atoms with Crippen molar-refractivity contribution in [2.75, 3.05) is 20.1 Å². The van der Waals surface area contributed by atoms with Crippen molar-refractivity contribution in [2.24, 2.45) is 0 Å². The summed E-state index contributed by atoms with van der Waals surface area (Å²) in [6.07, 6.45) is 5.22. The van der Waals surface area contributed by atoms with Crippen molar-refractivity contribution in [1.82, 2.24) is 29.8 Å². The number of ether oxygens (including phenoxy) is 1. The Labute approximate surface area is 174 Å². The van der Waals surface area contributed by atoms with Crippen molar-refractivity contribution < 1.29 is 9.53 Å². The zero-order valence-corrected chi connectivity index (χ0v) is 17.4. The average Bonchev–Trinajstić information content (AvgIpc) is 3.35. The molecule has 1 fully saturated rings. The first-order valence-corrected chi connectivity index (χ1v) is 10.2. The van der Waals surface area contributed by atoms with Gasteiger partial charge in [-0.25, -0.2) is 9.50 Å². The van der Waals surface area contributed by atoms with Gasteiger partial charge in [0.2, 0.25) is 0 Å². The van der Waals surface area contributed by atoms with Gasteiger partial charge in [-0.05, 0) is 31.9 Å². The Bertz CT molecular complexity index is 1140. The number of rotatable bonds is 6. The Balaban J connectivity index is 1.42. The lowest BCUT2D eigenvalue weighted by molar-refractivity contribution is 0.0957. The maximum absolute atomic E-state index is 12.2. The Kier molecular flexibility index (Phi) is 5.54. The first-order chi connectivity index (χ1) is 14.5. The van der Waals surface area contributed by atoms with Gasteiger partial charge in [-0.3, -0.25) is 14.5 Å². The van der Waals surface area contributed by atoms with Crippen LogP contribution in [0.15, 0.2) is 29.3 Å². The van der Waals surface area contributed by atoms with E-state index in [0.29, 0.717) is 30.1 Å². The molecule has 2 N–H and O–H groups in total. The van der Waals surface area contributed by atoms with Gasteiger partial charge in [0.1, 0.15) is 23.2 Å². The number of aryl methyl sites for hydroxylation is 2. The second-order valence-electron chi connectivity index (χ2n) is 7.55. The molecular formula is C21H26N6O3. The van der Waals surface area contributed by atoms with Gasteiger partial charge in [0.25, 0.3) is 11.5 Å². The van der Waals surface area contributed by atoms with E-state index in [-0.39, 0.29) is 17.6 Å². The fourth-order valence-corrected chi connectivity index (χ4v) is 3.78. The molecule has 0 aromatic carbocycles. The van der Waals surface area contributed by atoms with Gasteiger partial charge in [0.05, 0.1) is 11.9 Å². The van der Waals surface area contributed by atoms with Crippen molar-refractivity contribution in [3.8, 4) is 5.75 Å². The summed E-state index contributed by atoms with van der Waals surface area (Å²) in [6, 6.07) is 3.48. The van der Waals surface area contributed by atoms with E-state index >= 15 is 0 Å². The molecule has 9 nitrogen and oxygen atoms in total. The maximum atomic E-state index is 12.2. The molecule has 4 heterocycles. The quantitative estimate of drug-likeness (QED) is 0.635. The minimum absolute atomic E-state index is 0.0453. The number of carbonyl (C=O) groups excluding carboxylic acids is 1. The molecule has 1 atom stereocenters. The van der Waals surface area contributed by atoms with Gasteiger partial charge in [-0.15, -0.1) is 0 Å². The number of H-pyrrole nitrogens is 1. The minimum atomic E-state index is -0.214. The number of carbonyl (C=O) groups is 1. The number of likely N-dealkylation sites (tertiary alicyclic amines) is 1. The molecule has 0 spiro atoms. The second kappa shape index (κ2) is 8.27. The number of hydrogen-bond donors (Lipinski definition) is 2. The smallest absolute Gasteiger partial charge is 0.269 e. The summed E-state index contributed by atoms with van der Waals surface area (Å²) in [5.41, 5.74) is 3.47. The first-order valence-electron chi connectivity index (χ1n) is 10.2. The molecule has 1 saturated heterocycles. The molecule has 4 rings (SSSR count). The lowest BCUT2D eigenvalue weighted by Gasteiger charge is -2.17. The van der Waals surface area contributed by atoms with Crippen LogP contribution in [0.4, 0.5) is 0 Å². The zero-order valence-electron chi connectivity index (χ0n) is 17.4. The van der Waals surface area contributed by atoms with Crippen LogP contribution in [0.25, 0.3) is 5.65 Å². The number of hydrogen-bond acceptors (Lipinski definition) is 6. The third-order valence-corrected chi connectivity index (χ3v) is 5.47. The monoisotopic (exact) mass is 410 g/mol. The predicted octanol–water partition coefficient (Wildman–Crippen LogP) is 1.30. The maximum Gasteiger partial charge on any atom is 0.269 e. The molecule has 0 aliphatic carbocycles. The Morgan fingerprint density at radius 2 is 2.20 bits per heavy atom. The Hall–Kier alpha value is -3.20. The summed E-state index contributed by atoms with van der Waals surface area (Å²) in [5.74, 6) is 0.483. The van der Waals surface area contributed by atoms with Crippen molar-refractivity contribution in [3.05, 3.63) is 57.4 Å². The van der Waals surface area contributed by atoms with Crippen LogP contribution in [0.2, 0.25) is 0 Å². The SMILES string of the molecule is CCc1cn2ncc(CN3CCC(Oc4ccc(C(=O)NC)nc4C)C3)c2[nH]c1=O. The van der Waals surface area contributed by atoms with Gasteiger partial charge in [-0.2, -0.15) is 5.10 Å². The van der Waals surface area contributed by atoms with E-state index < -0.39 is 0 Å². The van der Waals surface area contributed by atoms with E-state index in [9.17, 15) is 9.59 Å². The molecule has 30 heavy (non-hydrogen) atoms. The minimum Gasteiger partial charge on any atom is -0.487 e. The van der Waals surface area contributed by atoms with Crippen LogP contribution >= 0.6 is 0 Å². The molecule has 0 radical (unpaired) electrons. The van der Waals surface area contributed by atoms with E-state index in [4.69, 9.17) is 4.74 Å².